The molecule has 0 aliphatic carbocycles. The minimum Gasteiger partial charge on any atom is -0.451 e. The highest BCUT2D eigenvalue weighted by Crippen LogP contribution is 2.31. The standard InChI is InChI=1S/C25H29N3O4/c1-16-7-5-6-12-28(16)24(29)22-15-20(26-32-22)18-10-13-27(14-11-18)25(30)23-17(2)19-8-3-4-9-21(19)31-23/h3-4,8-9,15-16,18H,5-7,10-14H2,1-2H3/t16-/m0/s1. The largest absolute Gasteiger partial charge is 0.451 e. The SMILES string of the molecule is Cc1c(C(=O)N2CCC(c3cc(C(=O)N4CCCC[C@@H]4C)on3)CC2)oc2ccccc12. The van der Waals surface area contributed by atoms with Crippen molar-refractivity contribution in [1.29, 1.82) is 0 Å². The molecule has 0 saturated carbocycles. The number of benzene rings is 1. The molecule has 5 rings (SSSR count). The van der Waals surface area contributed by atoms with Crippen molar-refractivity contribution < 1.29 is 18.5 Å². The van der Waals surface area contributed by atoms with Crippen molar-refractivity contribution in [1.82, 2.24) is 15.0 Å². The summed E-state index contributed by atoms with van der Waals surface area (Å²) in [6, 6.07) is 9.77. The molecule has 0 N–H and O–H groups in total. The Morgan fingerprint density at radius 3 is 2.56 bits per heavy atom. The van der Waals surface area contributed by atoms with Crippen LogP contribution in [0.5, 0.6) is 0 Å². The molecule has 168 valence electrons. The van der Waals surface area contributed by atoms with Crippen LogP contribution in [0.3, 0.4) is 0 Å². The third kappa shape index (κ3) is 3.70. The van der Waals surface area contributed by atoms with Gasteiger partial charge in [-0.15, -0.1) is 0 Å². The van der Waals surface area contributed by atoms with E-state index in [0.29, 0.717) is 24.6 Å². The van der Waals surface area contributed by atoms with E-state index < -0.39 is 0 Å². The van der Waals surface area contributed by atoms with Crippen LogP contribution in [0.4, 0.5) is 0 Å². The quantitative estimate of drug-likeness (QED) is 0.592. The summed E-state index contributed by atoms with van der Waals surface area (Å²) in [5.41, 5.74) is 2.44. The summed E-state index contributed by atoms with van der Waals surface area (Å²) in [4.78, 5) is 29.7. The van der Waals surface area contributed by atoms with Crippen LogP contribution in [0, 0.1) is 6.92 Å². The van der Waals surface area contributed by atoms with Crippen molar-refractivity contribution in [3.63, 3.8) is 0 Å². The van der Waals surface area contributed by atoms with E-state index in [1.807, 2.05) is 41.0 Å². The molecule has 2 amide bonds. The third-order valence-electron chi connectivity index (χ3n) is 7.04. The Hall–Kier alpha value is -3.09. The van der Waals surface area contributed by atoms with Crippen molar-refractivity contribution >= 4 is 22.8 Å². The zero-order valence-electron chi connectivity index (χ0n) is 18.7. The van der Waals surface area contributed by atoms with Gasteiger partial charge in [-0.3, -0.25) is 9.59 Å². The molecule has 2 aromatic heterocycles. The number of aromatic nitrogens is 1. The van der Waals surface area contributed by atoms with Crippen molar-refractivity contribution in [3.05, 3.63) is 53.1 Å². The zero-order valence-corrected chi connectivity index (χ0v) is 18.7. The number of furan rings is 1. The van der Waals surface area contributed by atoms with Gasteiger partial charge in [-0.25, -0.2) is 0 Å². The Morgan fingerprint density at radius 2 is 1.81 bits per heavy atom. The zero-order chi connectivity index (χ0) is 22.2. The monoisotopic (exact) mass is 435 g/mol. The van der Waals surface area contributed by atoms with E-state index in [-0.39, 0.29) is 23.8 Å². The van der Waals surface area contributed by atoms with Crippen molar-refractivity contribution in [3.8, 4) is 0 Å². The van der Waals surface area contributed by atoms with Crippen LogP contribution < -0.4 is 0 Å². The number of carbonyl (C=O) groups is 2. The first kappa shape index (κ1) is 20.8. The highest BCUT2D eigenvalue weighted by atomic mass is 16.5. The van der Waals surface area contributed by atoms with Gasteiger partial charge in [0.2, 0.25) is 5.76 Å². The number of carbonyl (C=O) groups excluding carboxylic acids is 2. The lowest BCUT2D eigenvalue weighted by Gasteiger charge is -2.32. The number of nitrogens with zero attached hydrogens (tertiary/aromatic N) is 3. The van der Waals surface area contributed by atoms with Crippen LogP contribution in [0.15, 0.2) is 39.3 Å². The fraction of sp³-hybridized carbons (Fsp3) is 0.480. The van der Waals surface area contributed by atoms with Gasteiger partial charge in [0.15, 0.2) is 5.76 Å². The number of likely N-dealkylation sites (tertiary alicyclic amines) is 2. The first-order valence-electron chi connectivity index (χ1n) is 11.6. The molecule has 7 nitrogen and oxygen atoms in total. The second-order valence-electron chi connectivity index (χ2n) is 9.08. The second kappa shape index (κ2) is 8.45. The maximum atomic E-state index is 13.1. The van der Waals surface area contributed by atoms with E-state index in [0.717, 1.165) is 60.9 Å². The third-order valence-corrected chi connectivity index (χ3v) is 7.04. The molecule has 2 aliphatic heterocycles. The molecule has 2 aliphatic rings. The van der Waals surface area contributed by atoms with Crippen LogP contribution in [0.25, 0.3) is 11.0 Å². The van der Waals surface area contributed by atoms with Gasteiger partial charge in [-0.1, -0.05) is 23.4 Å². The van der Waals surface area contributed by atoms with Crippen LogP contribution in [0.2, 0.25) is 0 Å². The minimum absolute atomic E-state index is 0.0627. The maximum absolute atomic E-state index is 13.1. The average Bonchev–Trinajstić information content (AvgIpc) is 3.44. The molecule has 2 fully saturated rings. The molecular formula is C25H29N3O4. The number of hydrogen-bond acceptors (Lipinski definition) is 5. The smallest absolute Gasteiger partial charge is 0.292 e. The number of rotatable bonds is 3. The van der Waals surface area contributed by atoms with Crippen LogP contribution in [-0.4, -0.2) is 52.4 Å². The Bertz CT molecular complexity index is 1140. The molecule has 7 heteroatoms. The summed E-state index contributed by atoms with van der Waals surface area (Å²) in [7, 11) is 0. The number of fused-ring (bicyclic) bond motifs is 1. The van der Waals surface area contributed by atoms with Gasteiger partial charge in [0.05, 0.1) is 5.69 Å². The van der Waals surface area contributed by atoms with E-state index in [1.165, 1.54) is 0 Å². The number of aryl methyl sites for hydroxylation is 1. The molecule has 32 heavy (non-hydrogen) atoms. The molecule has 1 aromatic carbocycles. The summed E-state index contributed by atoms with van der Waals surface area (Å²) < 4.78 is 11.3. The molecule has 1 atom stereocenters. The summed E-state index contributed by atoms with van der Waals surface area (Å²) in [6.45, 7) is 6.05. The molecular weight excluding hydrogens is 406 g/mol. The second-order valence-corrected chi connectivity index (χ2v) is 9.08. The normalized spacial score (nSPS) is 20.1. The summed E-state index contributed by atoms with van der Waals surface area (Å²) in [6.07, 6.45) is 4.80. The number of piperidine rings is 2. The number of hydrogen-bond donors (Lipinski definition) is 0. The van der Waals surface area contributed by atoms with Crippen molar-refractivity contribution in [2.75, 3.05) is 19.6 Å². The van der Waals surface area contributed by atoms with E-state index in [1.54, 1.807) is 6.07 Å². The lowest BCUT2D eigenvalue weighted by atomic mass is 9.93. The predicted molar refractivity (Wildman–Crippen MR) is 120 cm³/mol. The first-order valence-corrected chi connectivity index (χ1v) is 11.6. The lowest BCUT2D eigenvalue weighted by molar-refractivity contribution is 0.0592. The van der Waals surface area contributed by atoms with E-state index in [4.69, 9.17) is 8.94 Å². The van der Waals surface area contributed by atoms with Gasteiger partial charge in [0.25, 0.3) is 11.8 Å². The summed E-state index contributed by atoms with van der Waals surface area (Å²) >= 11 is 0. The summed E-state index contributed by atoms with van der Waals surface area (Å²) in [5, 5.41) is 5.19. The van der Waals surface area contributed by atoms with Gasteiger partial charge in [-0.2, -0.15) is 0 Å². The van der Waals surface area contributed by atoms with Crippen LogP contribution >= 0.6 is 0 Å². The maximum Gasteiger partial charge on any atom is 0.292 e. The van der Waals surface area contributed by atoms with Gasteiger partial charge < -0.3 is 18.7 Å². The molecule has 0 radical (unpaired) electrons. The first-order chi connectivity index (χ1) is 15.5. The lowest BCUT2D eigenvalue weighted by Crippen LogP contribution is -2.41. The van der Waals surface area contributed by atoms with E-state index >= 15 is 0 Å². The Balaban J connectivity index is 1.23. The highest BCUT2D eigenvalue weighted by Gasteiger charge is 2.31. The van der Waals surface area contributed by atoms with E-state index in [9.17, 15) is 9.59 Å². The van der Waals surface area contributed by atoms with Gasteiger partial charge in [0, 0.05) is 48.6 Å². The molecule has 3 aromatic rings. The fourth-order valence-corrected chi connectivity index (χ4v) is 5.02. The highest BCUT2D eigenvalue weighted by molar-refractivity contribution is 5.99. The van der Waals surface area contributed by atoms with Crippen LogP contribution in [-0.2, 0) is 0 Å². The summed E-state index contributed by atoms with van der Waals surface area (Å²) in [5.74, 6) is 0.802. The van der Waals surface area contributed by atoms with Crippen molar-refractivity contribution in [2.24, 2.45) is 0 Å². The van der Waals surface area contributed by atoms with E-state index in [2.05, 4.69) is 12.1 Å². The number of para-hydroxylation sites is 1. The Morgan fingerprint density at radius 1 is 1.03 bits per heavy atom. The predicted octanol–water partition coefficient (Wildman–Crippen LogP) is 4.76. The molecule has 4 heterocycles. The topological polar surface area (TPSA) is 79.8 Å². The molecule has 0 unspecified atom stereocenters. The van der Waals surface area contributed by atoms with Gasteiger partial charge in [-0.05, 0) is 52.0 Å². The van der Waals surface area contributed by atoms with Crippen LogP contribution in [0.1, 0.15) is 77.3 Å². The average molecular weight is 436 g/mol. The molecule has 2 saturated heterocycles. The van der Waals surface area contributed by atoms with Crippen molar-refractivity contribution in [2.45, 2.75) is 57.9 Å². The van der Waals surface area contributed by atoms with Gasteiger partial charge in [0.1, 0.15) is 5.58 Å². The minimum atomic E-state index is -0.0658. The number of amides is 2. The Labute approximate surface area is 187 Å². The van der Waals surface area contributed by atoms with Gasteiger partial charge >= 0.3 is 0 Å². The fourth-order valence-electron chi connectivity index (χ4n) is 5.02. The molecule has 0 bridgehead atoms. The Kier molecular flexibility index (Phi) is 5.49. The molecule has 0 spiro atoms.